The van der Waals surface area contributed by atoms with Crippen molar-refractivity contribution in [1.29, 1.82) is 0 Å². The van der Waals surface area contributed by atoms with E-state index in [1.165, 1.54) is 18.4 Å². The molecule has 22 heavy (non-hydrogen) atoms. The van der Waals surface area contributed by atoms with Gasteiger partial charge >= 0.3 is 0 Å². The monoisotopic (exact) mass is 302 g/mol. The van der Waals surface area contributed by atoms with Gasteiger partial charge in [-0.3, -0.25) is 9.69 Å². The van der Waals surface area contributed by atoms with Gasteiger partial charge in [-0.05, 0) is 56.5 Å². The van der Waals surface area contributed by atoms with Crippen molar-refractivity contribution in [2.75, 3.05) is 19.6 Å². The third-order valence-corrected chi connectivity index (χ3v) is 4.94. The van der Waals surface area contributed by atoms with Crippen LogP contribution in [0.1, 0.15) is 48.0 Å². The van der Waals surface area contributed by atoms with Crippen molar-refractivity contribution in [1.82, 2.24) is 10.2 Å². The van der Waals surface area contributed by atoms with Gasteiger partial charge in [-0.1, -0.05) is 18.6 Å². The minimum absolute atomic E-state index is 0.0256. The molecular weight excluding hydrogens is 276 g/mol. The highest BCUT2D eigenvalue weighted by Crippen LogP contribution is 2.24. The molecule has 0 radical (unpaired) electrons. The molecule has 0 bridgehead atoms. The molecule has 1 aliphatic carbocycles. The normalized spacial score (nSPS) is 25.5. The van der Waals surface area contributed by atoms with Gasteiger partial charge in [0.05, 0.1) is 6.10 Å². The van der Waals surface area contributed by atoms with E-state index < -0.39 is 0 Å². The van der Waals surface area contributed by atoms with Gasteiger partial charge < -0.3 is 10.4 Å². The number of rotatable bonds is 5. The van der Waals surface area contributed by atoms with Crippen LogP contribution < -0.4 is 5.32 Å². The van der Waals surface area contributed by atoms with Gasteiger partial charge in [0.25, 0.3) is 5.91 Å². The lowest BCUT2D eigenvalue weighted by Gasteiger charge is -2.16. The summed E-state index contributed by atoms with van der Waals surface area (Å²) in [6.45, 7) is 3.84. The lowest BCUT2D eigenvalue weighted by Crippen LogP contribution is -2.32. The molecule has 1 saturated heterocycles. The van der Waals surface area contributed by atoms with Crippen LogP contribution in [0.4, 0.5) is 0 Å². The molecule has 0 aromatic heterocycles. The summed E-state index contributed by atoms with van der Waals surface area (Å²) in [5.41, 5.74) is 1.93. The molecule has 1 aromatic carbocycles. The van der Waals surface area contributed by atoms with Gasteiger partial charge in [0.2, 0.25) is 0 Å². The number of amides is 1. The Labute approximate surface area is 132 Å². The Kier molecular flexibility index (Phi) is 5.11. The van der Waals surface area contributed by atoms with Crippen LogP contribution in [-0.2, 0) is 6.54 Å². The van der Waals surface area contributed by atoms with Crippen molar-refractivity contribution < 1.29 is 9.90 Å². The van der Waals surface area contributed by atoms with Crippen LogP contribution in [0.25, 0.3) is 0 Å². The highest BCUT2D eigenvalue weighted by molar-refractivity contribution is 5.94. The molecule has 1 amide bonds. The Bertz CT molecular complexity index is 512. The second-order valence-electron chi connectivity index (χ2n) is 6.65. The summed E-state index contributed by atoms with van der Waals surface area (Å²) in [4.78, 5) is 14.7. The molecule has 2 unspecified atom stereocenters. The zero-order valence-corrected chi connectivity index (χ0v) is 13.1. The van der Waals surface area contributed by atoms with Crippen molar-refractivity contribution >= 4 is 5.91 Å². The molecule has 120 valence electrons. The number of nitrogens with one attached hydrogen (secondary N) is 1. The predicted octanol–water partition coefficient (Wildman–Crippen LogP) is 2.17. The molecule has 0 spiro atoms. The summed E-state index contributed by atoms with van der Waals surface area (Å²) in [6, 6.07) is 7.92. The standard InChI is InChI=1S/C18H26N2O2/c21-17-8-4-7-16(17)12-19-18(22)15-6-3-5-14(11-15)13-20-9-1-2-10-20/h3,5-6,11,16-17,21H,1-2,4,7-10,12-13H2,(H,19,22). The minimum Gasteiger partial charge on any atom is -0.393 e. The van der Waals surface area contributed by atoms with Crippen LogP contribution >= 0.6 is 0 Å². The van der Waals surface area contributed by atoms with Crippen molar-refractivity contribution in [3.05, 3.63) is 35.4 Å². The number of hydrogen-bond acceptors (Lipinski definition) is 3. The van der Waals surface area contributed by atoms with Crippen LogP contribution in [-0.4, -0.2) is 41.7 Å². The van der Waals surface area contributed by atoms with E-state index in [2.05, 4.69) is 16.3 Å². The fourth-order valence-electron chi connectivity index (χ4n) is 3.59. The maximum Gasteiger partial charge on any atom is 0.251 e. The minimum atomic E-state index is -0.248. The first-order valence-corrected chi connectivity index (χ1v) is 8.50. The topological polar surface area (TPSA) is 52.6 Å². The SMILES string of the molecule is O=C(NCC1CCCC1O)c1cccc(CN2CCCC2)c1. The van der Waals surface area contributed by atoms with E-state index >= 15 is 0 Å². The highest BCUT2D eigenvalue weighted by atomic mass is 16.3. The van der Waals surface area contributed by atoms with Crippen LogP contribution in [0.5, 0.6) is 0 Å². The number of aliphatic hydroxyl groups is 1. The number of benzene rings is 1. The van der Waals surface area contributed by atoms with Crippen molar-refractivity contribution in [2.45, 2.75) is 44.8 Å². The van der Waals surface area contributed by atoms with Crippen LogP contribution in [0.15, 0.2) is 24.3 Å². The average Bonchev–Trinajstić information content (AvgIpc) is 3.17. The first-order valence-electron chi connectivity index (χ1n) is 8.50. The summed E-state index contributed by atoms with van der Waals surface area (Å²) in [6.07, 6.45) is 5.25. The molecule has 2 aliphatic rings. The Morgan fingerprint density at radius 2 is 2.05 bits per heavy atom. The Morgan fingerprint density at radius 3 is 2.77 bits per heavy atom. The predicted molar refractivity (Wildman–Crippen MR) is 86.6 cm³/mol. The van der Waals surface area contributed by atoms with Gasteiger partial charge in [0, 0.05) is 24.6 Å². The number of nitrogens with zero attached hydrogens (tertiary/aromatic N) is 1. The highest BCUT2D eigenvalue weighted by Gasteiger charge is 2.25. The number of likely N-dealkylation sites (tertiary alicyclic amines) is 1. The first kappa shape index (κ1) is 15.5. The molecular formula is C18H26N2O2. The summed E-state index contributed by atoms with van der Waals surface area (Å²) in [7, 11) is 0. The number of aliphatic hydroxyl groups excluding tert-OH is 1. The Hall–Kier alpha value is -1.39. The third kappa shape index (κ3) is 3.87. The maximum atomic E-state index is 12.3. The van der Waals surface area contributed by atoms with Crippen molar-refractivity contribution in [3.8, 4) is 0 Å². The van der Waals surface area contributed by atoms with Gasteiger partial charge in [-0.15, -0.1) is 0 Å². The average molecular weight is 302 g/mol. The lowest BCUT2D eigenvalue weighted by molar-refractivity contribution is 0.0916. The molecule has 2 fully saturated rings. The van der Waals surface area contributed by atoms with E-state index in [1.807, 2.05) is 18.2 Å². The molecule has 4 heteroatoms. The molecule has 2 atom stereocenters. The van der Waals surface area contributed by atoms with E-state index in [-0.39, 0.29) is 17.9 Å². The lowest BCUT2D eigenvalue weighted by atomic mass is 10.1. The quantitative estimate of drug-likeness (QED) is 0.876. The molecule has 1 saturated carbocycles. The van der Waals surface area contributed by atoms with Crippen LogP contribution in [0, 0.1) is 5.92 Å². The van der Waals surface area contributed by atoms with E-state index in [0.29, 0.717) is 6.54 Å². The fourth-order valence-corrected chi connectivity index (χ4v) is 3.59. The molecule has 1 aromatic rings. The fraction of sp³-hybridized carbons (Fsp3) is 0.611. The summed E-state index contributed by atoms with van der Waals surface area (Å²) < 4.78 is 0. The van der Waals surface area contributed by atoms with E-state index in [4.69, 9.17) is 0 Å². The first-order chi connectivity index (χ1) is 10.7. The summed E-state index contributed by atoms with van der Waals surface area (Å²) in [5, 5.41) is 12.8. The molecule has 1 heterocycles. The van der Waals surface area contributed by atoms with Crippen molar-refractivity contribution in [2.24, 2.45) is 5.92 Å². The molecule has 3 rings (SSSR count). The van der Waals surface area contributed by atoms with Crippen LogP contribution in [0.3, 0.4) is 0 Å². The van der Waals surface area contributed by atoms with E-state index in [9.17, 15) is 9.90 Å². The second kappa shape index (κ2) is 7.25. The summed E-state index contributed by atoms with van der Waals surface area (Å²) >= 11 is 0. The van der Waals surface area contributed by atoms with E-state index in [1.54, 1.807) is 0 Å². The third-order valence-electron chi connectivity index (χ3n) is 4.94. The van der Waals surface area contributed by atoms with Gasteiger partial charge in [0.1, 0.15) is 0 Å². The zero-order valence-electron chi connectivity index (χ0n) is 13.1. The summed E-state index contributed by atoms with van der Waals surface area (Å²) in [5.74, 6) is 0.194. The second-order valence-corrected chi connectivity index (χ2v) is 6.65. The Morgan fingerprint density at radius 1 is 1.23 bits per heavy atom. The Balaban J connectivity index is 1.55. The van der Waals surface area contributed by atoms with Crippen molar-refractivity contribution in [3.63, 3.8) is 0 Å². The zero-order chi connectivity index (χ0) is 15.4. The molecule has 4 nitrogen and oxygen atoms in total. The largest absolute Gasteiger partial charge is 0.393 e. The van der Waals surface area contributed by atoms with Crippen LogP contribution in [0.2, 0.25) is 0 Å². The smallest absolute Gasteiger partial charge is 0.251 e. The van der Waals surface area contributed by atoms with Gasteiger partial charge in [0.15, 0.2) is 0 Å². The number of hydrogen-bond donors (Lipinski definition) is 2. The van der Waals surface area contributed by atoms with E-state index in [0.717, 1.165) is 44.5 Å². The van der Waals surface area contributed by atoms with Gasteiger partial charge in [-0.2, -0.15) is 0 Å². The van der Waals surface area contributed by atoms with Gasteiger partial charge in [-0.25, -0.2) is 0 Å². The molecule has 2 N–H and O–H groups in total. The molecule has 1 aliphatic heterocycles. The number of carbonyl (C=O) groups is 1. The number of carbonyl (C=O) groups excluding carboxylic acids is 1. The maximum absolute atomic E-state index is 12.3.